The zero-order chi connectivity index (χ0) is 13.4. The lowest BCUT2D eigenvalue weighted by Gasteiger charge is -2.09. The van der Waals surface area contributed by atoms with Gasteiger partial charge in [-0.05, 0) is 12.1 Å². The molecule has 0 unspecified atom stereocenters. The van der Waals surface area contributed by atoms with Gasteiger partial charge in [-0.15, -0.1) is 0 Å². The molecular weight excluding hydrogens is 254 g/mol. The third-order valence-electron chi connectivity index (χ3n) is 2.11. The van der Waals surface area contributed by atoms with Crippen LogP contribution in [-0.4, -0.2) is 46.5 Å². The van der Waals surface area contributed by atoms with Crippen molar-refractivity contribution in [1.29, 1.82) is 0 Å². The first-order valence-corrected chi connectivity index (χ1v) is 6.86. The molecule has 1 rings (SSSR count). The van der Waals surface area contributed by atoms with Crippen molar-refractivity contribution in [2.45, 2.75) is 4.90 Å². The number of guanidine groups is 1. The van der Waals surface area contributed by atoms with E-state index in [1.54, 1.807) is 20.2 Å². The molecule has 0 bridgehead atoms. The Kier molecular flexibility index (Phi) is 5.53. The molecule has 8 heteroatoms. The predicted molar refractivity (Wildman–Crippen MR) is 69.8 cm³/mol. The van der Waals surface area contributed by atoms with Gasteiger partial charge in [-0.25, -0.2) is 13.1 Å². The number of aromatic nitrogens is 1. The number of pyridine rings is 1. The van der Waals surface area contributed by atoms with E-state index in [1.807, 2.05) is 0 Å². The molecular formula is C10H17N5O2S. The molecule has 18 heavy (non-hydrogen) atoms. The van der Waals surface area contributed by atoms with Crippen molar-refractivity contribution in [2.24, 2.45) is 4.99 Å². The zero-order valence-electron chi connectivity index (χ0n) is 10.3. The number of hydrogen-bond donors (Lipinski definition) is 3. The van der Waals surface area contributed by atoms with Crippen molar-refractivity contribution in [3.63, 3.8) is 0 Å². The Morgan fingerprint density at radius 2 is 2.22 bits per heavy atom. The molecule has 0 aliphatic carbocycles. The first-order valence-electron chi connectivity index (χ1n) is 5.38. The molecule has 0 saturated heterocycles. The fraction of sp³-hybridized carbons (Fsp3) is 0.400. The summed E-state index contributed by atoms with van der Waals surface area (Å²) in [5.41, 5.74) is 0. The minimum absolute atomic E-state index is 0.156. The summed E-state index contributed by atoms with van der Waals surface area (Å²) in [5, 5.41) is 5.77. The highest BCUT2D eigenvalue weighted by atomic mass is 32.2. The maximum atomic E-state index is 11.8. The number of nitrogens with one attached hydrogen (secondary N) is 3. The van der Waals surface area contributed by atoms with E-state index in [9.17, 15) is 8.42 Å². The maximum absolute atomic E-state index is 11.8. The van der Waals surface area contributed by atoms with E-state index in [0.717, 1.165) is 0 Å². The quantitative estimate of drug-likeness (QED) is 0.368. The first-order chi connectivity index (χ1) is 8.60. The first kappa shape index (κ1) is 14.4. The van der Waals surface area contributed by atoms with Gasteiger partial charge in [0.1, 0.15) is 4.90 Å². The van der Waals surface area contributed by atoms with Crippen LogP contribution in [0.15, 0.2) is 34.4 Å². The van der Waals surface area contributed by atoms with Gasteiger partial charge in [0.05, 0.1) is 0 Å². The van der Waals surface area contributed by atoms with Crippen LogP contribution in [0, 0.1) is 0 Å². The van der Waals surface area contributed by atoms with Gasteiger partial charge < -0.3 is 10.6 Å². The van der Waals surface area contributed by atoms with Gasteiger partial charge in [0.25, 0.3) is 0 Å². The summed E-state index contributed by atoms with van der Waals surface area (Å²) in [6.07, 6.45) is 2.83. The lowest BCUT2D eigenvalue weighted by molar-refractivity contribution is 0.580. The third kappa shape index (κ3) is 4.30. The highest BCUT2D eigenvalue weighted by molar-refractivity contribution is 7.89. The van der Waals surface area contributed by atoms with Gasteiger partial charge in [-0.3, -0.25) is 9.98 Å². The standard InChI is InChI=1S/C10H17N5O2S/c1-11-10(12-2)14-6-7-15-18(16,17)9-4-3-5-13-8-9/h3-5,8,15H,6-7H2,1-2H3,(H2,11,12,14). The lowest BCUT2D eigenvalue weighted by Crippen LogP contribution is -2.39. The molecule has 1 aromatic rings. The fourth-order valence-electron chi connectivity index (χ4n) is 1.23. The largest absolute Gasteiger partial charge is 0.359 e. The van der Waals surface area contributed by atoms with Gasteiger partial charge >= 0.3 is 0 Å². The minimum Gasteiger partial charge on any atom is -0.359 e. The van der Waals surface area contributed by atoms with E-state index in [1.165, 1.54) is 18.5 Å². The van der Waals surface area contributed by atoms with Crippen molar-refractivity contribution in [1.82, 2.24) is 20.3 Å². The van der Waals surface area contributed by atoms with Crippen LogP contribution in [0.5, 0.6) is 0 Å². The number of sulfonamides is 1. The summed E-state index contributed by atoms with van der Waals surface area (Å²) < 4.78 is 26.0. The molecule has 7 nitrogen and oxygen atoms in total. The van der Waals surface area contributed by atoms with E-state index in [-0.39, 0.29) is 11.4 Å². The third-order valence-corrected chi connectivity index (χ3v) is 3.56. The number of hydrogen-bond acceptors (Lipinski definition) is 4. The van der Waals surface area contributed by atoms with E-state index in [0.29, 0.717) is 12.5 Å². The van der Waals surface area contributed by atoms with Crippen molar-refractivity contribution in [3.05, 3.63) is 24.5 Å². The second-order valence-electron chi connectivity index (χ2n) is 3.34. The van der Waals surface area contributed by atoms with E-state index >= 15 is 0 Å². The second-order valence-corrected chi connectivity index (χ2v) is 5.10. The van der Waals surface area contributed by atoms with Crippen LogP contribution in [0.1, 0.15) is 0 Å². The van der Waals surface area contributed by atoms with Crippen LogP contribution >= 0.6 is 0 Å². The van der Waals surface area contributed by atoms with Gasteiger partial charge in [-0.1, -0.05) is 0 Å². The van der Waals surface area contributed by atoms with E-state index in [2.05, 4.69) is 25.3 Å². The molecule has 0 radical (unpaired) electrons. The van der Waals surface area contributed by atoms with Crippen LogP contribution in [0.2, 0.25) is 0 Å². The number of nitrogens with zero attached hydrogens (tertiary/aromatic N) is 2. The SMILES string of the molecule is CN=C(NC)NCCNS(=O)(=O)c1cccnc1. The molecule has 0 aliphatic rings. The Labute approximate surface area is 107 Å². The molecule has 0 fully saturated rings. The van der Waals surface area contributed by atoms with Crippen molar-refractivity contribution >= 4 is 16.0 Å². The molecule has 1 aromatic heterocycles. The van der Waals surface area contributed by atoms with Crippen molar-refractivity contribution in [3.8, 4) is 0 Å². The number of aliphatic imine (C=N–C) groups is 1. The summed E-state index contributed by atoms with van der Waals surface area (Å²) in [7, 11) is -0.116. The molecule has 0 saturated carbocycles. The summed E-state index contributed by atoms with van der Waals surface area (Å²) in [6.45, 7) is 0.699. The highest BCUT2D eigenvalue weighted by Gasteiger charge is 2.12. The molecule has 100 valence electrons. The van der Waals surface area contributed by atoms with Gasteiger partial charge in [-0.2, -0.15) is 0 Å². The molecule has 3 N–H and O–H groups in total. The average molecular weight is 271 g/mol. The summed E-state index contributed by atoms with van der Waals surface area (Å²) in [6, 6.07) is 3.07. The normalized spacial score (nSPS) is 12.2. The Morgan fingerprint density at radius 3 is 2.78 bits per heavy atom. The zero-order valence-corrected chi connectivity index (χ0v) is 11.2. The molecule has 0 atom stereocenters. The molecule has 0 amide bonds. The number of rotatable bonds is 5. The smallest absolute Gasteiger partial charge is 0.242 e. The monoisotopic (exact) mass is 271 g/mol. The summed E-state index contributed by atoms with van der Waals surface area (Å²) in [5.74, 6) is 0.607. The van der Waals surface area contributed by atoms with Crippen LogP contribution in [0.3, 0.4) is 0 Å². The molecule has 1 heterocycles. The maximum Gasteiger partial charge on any atom is 0.242 e. The summed E-state index contributed by atoms with van der Waals surface area (Å²) >= 11 is 0. The predicted octanol–water partition coefficient (Wildman–Crippen LogP) is -0.845. The van der Waals surface area contributed by atoms with Gasteiger partial charge in [0.15, 0.2) is 5.96 Å². The Morgan fingerprint density at radius 1 is 1.44 bits per heavy atom. The Hall–Kier alpha value is -1.67. The van der Waals surface area contributed by atoms with Gasteiger partial charge in [0.2, 0.25) is 10.0 Å². The lowest BCUT2D eigenvalue weighted by atomic mass is 10.5. The van der Waals surface area contributed by atoms with Crippen molar-refractivity contribution in [2.75, 3.05) is 27.2 Å². The Balaban J connectivity index is 2.44. The van der Waals surface area contributed by atoms with E-state index < -0.39 is 10.0 Å². The Bertz CT molecular complexity index is 486. The highest BCUT2D eigenvalue weighted by Crippen LogP contribution is 2.04. The van der Waals surface area contributed by atoms with Crippen LogP contribution in [-0.2, 0) is 10.0 Å². The molecule has 0 aromatic carbocycles. The van der Waals surface area contributed by atoms with Crippen LogP contribution in [0.25, 0.3) is 0 Å². The molecule has 0 aliphatic heterocycles. The van der Waals surface area contributed by atoms with Crippen LogP contribution in [0.4, 0.5) is 0 Å². The molecule has 0 spiro atoms. The topological polar surface area (TPSA) is 95.5 Å². The van der Waals surface area contributed by atoms with Crippen LogP contribution < -0.4 is 15.4 Å². The fourth-order valence-corrected chi connectivity index (χ4v) is 2.23. The van der Waals surface area contributed by atoms with Gasteiger partial charge in [0, 0.05) is 39.6 Å². The minimum atomic E-state index is -3.48. The van der Waals surface area contributed by atoms with E-state index in [4.69, 9.17) is 0 Å². The summed E-state index contributed by atoms with van der Waals surface area (Å²) in [4.78, 5) is 7.83. The average Bonchev–Trinajstić information content (AvgIpc) is 2.40. The van der Waals surface area contributed by atoms with Crippen molar-refractivity contribution < 1.29 is 8.42 Å². The second kappa shape index (κ2) is 6.92.